The molecule has 0 radical (unpaired) electrons. The van der Waals surface area contributed by atoms with Gasteiger partial charge in [0.2, 0.25) is 5.91 Å². The highest BCUT2D eigenvalue weighted by atomic mass is 32.1. The molecule has 1 heterocycles. The number of carbonyl (C=O) groups excluding carboxylic acids is 3. The molecule has 0 aliphatic carbocycles. The van der Waals surface area contributed by atoms with Crippen molar-refractivity contribution in [3.05, 3.63) is 51.7 Å². The second kappa shape index (κ2) is 8.62. The van der Waals surface area contributed by atoms with Gasteiger partial charge in [-0.25, -0.2) is 4.79 Å². The Labute approximate surface area is 156 Å². The largest absolute Gasteiger partial charge is 0.448 e. The Hall–Kier alpha value is -2.67. The van der Waals surface area contributed by atoms with Crippen LogP contribution in [0.25, 0.3) is 0 Å². The Morgan fingerprint density at radius 1 is 1.15 bits per heavy atom. The van der Waals surface area contributed by atoms with E-state index in [0.29, 0.717) is 10.6 Å². The zero-order chi connectivity index (χ0) is 19.3. The molecule has 2 aromatic rings. The molecule has 0 unspecified atom stereocenters. The number of likely N-dealkylation sites (N-methyl/N-ethyl adjacent to an activating group) is 1. The second-order valence-electron chi connectivity index (χ2n) is 6.09. The van der Waals surface area contributed by atoms with Crippen LogP contribution in [0.5, 0.6) is 0 Å². The maximum Gasteiger partial charge on any atom is 0.349 e. The molecule has 1 aromatic carbocycles. The first-order valence-corrected chi connectivity index (χ1v) is 9.02. The Morgan fingerprint density at radius 2 is 1.81 bits per heavy atom. The van der Waals surface area contributed by atoms with Gasteiger partial charge in [0.15, 0.2) is 6.10 Å². The summed E-state index contributed by atoms with van der Waals surface area (Å²) >= 11 is 1.27. The Morgan fingerprint density at radius 3 is 2.38 bits per heavy atom. The second-order valence-corrected chi connectivity index (χ2v) is 7.00. The summed E-state index contributed by atoms with van der Waals surface area (Å²) in [6, 6.07) is 9.18. The molecule has 1 atom stereocenters. The van der Waals surface area contributed by atoms with Crippen LogP contribution in [-0.2, 0) is 14.3 Å². The predicted molar refractivity (Wildman–Crippen MR) is 101 cm³/mol. The van der Waals surface area contributed by atoms with Crippen molar-refractivity contribution < 1.29 is 19.1 Å². The molecule has 0 aliphatic heterocycles. The number of rotatable bonds is 6. The van der Waals surface area contributed by atoms with Crippen molar-refractivity contribution in [1.82, 2.24) is 4.90 Å². The van der Waals surface area contributed by atoms with Gasteiger partial charge in [-0.15, -0.1) is 11.3 Å². The van der Waals surface area contributed by atoms with Gasteiger partial charge in [-0.2, -0.15) is 0 Å². The Kier molecular flexibility index (Phi) is 6.52. The van der Waals surface area contributed by atoms with Crippen LogP contribution in [-0.4, -0.2) is 42.4 Å². The summed E-state index contributed by atoms with van der Waals surface area (Å²) in [4.78, 5) is 38.2. The molecular formula is C19H22N2O4S. The number of aryl methyl sites for hydroxylation is 2. The topological polar surface area (TPSA) is 75.7 Å². The number of nitrogens with zero attached hydrogens (tertiary/aromatic N) is 1. The fourth-order valence-electron chi connectivity index (χ4n) is 2.29. The molecule has 0 saturated heterocycles. The van der Waals surface area contributed by atoms with Gasteiger partial charge >= 0.3 is 5.97 Å². The molecule has 2 amide bonds. The van der Waals surface area contributed by atoms with Crippen LogP contribution < -0.4 is 5.32 Å². The molecule has 0 bridgehead atoms. The van der Waals surface area contributed by atoms with Gasteiger partial charge in [0.05, 0.1) is 6.54 Å². The van der Waals surface area contributed by atoms with Crippen LogP contribution in [0.4, 0.5) is 5.69 Å². The molecule has 6 nitrogen and oxygen atoms in total. The van der Waals surface area contributed by atoms with Crippen LogP contribution in [0.3, 0.4) is 0 Å². The molecule has 138 valence electrons. The van der Waals surface area contributed by atoms with E-state index >= 15 is 0 Å². The molecule has 1 N–H and O–H groups in total. The van der Waals surface area contributed by atoms with E-state index in [2.05, 4.69) is 5.32 Å². The summed E-state index contributed by atoms with van der Waals surface area (Å²) in [6.07, 6.45) is -0.971. The standard InChI is InChI=1S/C19H22N2O4S/c1-12-5-7-15(8-6-12)20-16(22)11-21(4)18(23)14(3)25-19(24)17-13(2)9-10-26-17/h5-10,14H,11H2,1-4H3,(H,20,22)/t14-/m0/s1. The van der Waals surface area contributed by atoms with Gasteiger partial charge in [-0.3, -0.25) is 9.59 Å². The summed E-state index contributed by atoms with van der Waals surface area (Å²) in [7, 11) is 1.50. The summed E-state index contributed by atoms with van der Waals surface area (Å²) in [6.45, 7) is 5.13. The highest BCUT2D eigenvalue weighted by Crippen LogP contribution is 2.17. The maximum absolute atomic E-state index is 12.3. The average molecular weight is 374 g/mol. The molecule has 0 spiro atoms. The molecule has 0 saturated carbocycles. The first-order chi connectivity index (χ1) is 12.3. The van der Waals surface area contributed by atoms with Gasteiger partial charge in [0.25, 0.3) is 5.91 Å². The van der Waals surface area contributed by atoms with Gasteiger partial charge in [-0.05, 0) is 49.9 Å². The van der Waals surface area contributed by atoms with Crippen LogP contribution in [0.1, 0.15) is 27.7 Å². The number of amides is 2. The molecule has 0 aliphatic rings. The zero-order valence-corrected chi connectivity index (χ0v) is 16.1. The maximum atomic E-state index is 12.3. The van der Waals surface area contributed by atoms with E-state index in [9.17, 15) is 14.4 Å². The number of hydrogen-bond donors (Lipinski definition) is 1. The summed E-state index contributed by atoms with van der Waals surface area (Å²) in [5, 5.41) is 4.52. The third-order valence-electron chi connectivity index (χ3n) is 3.77. The summed E-state index contributed by atoms with van der Waals surface area (Å²) in [5.74, 6) is -1.29. The molecule has 2 rings (SSSR count). The van der Waals surface area contributed by atoms with E-state index in [1.807, 2.05) is 25.1 Å². The highest BCUT2D eigenvalue weighted by Gasteiger charge is 2.24. The van der Waals surface area contributed by atoms with Crippen LogP contribution in [0.2, 0.25) is 0 Å². The smallest absolute Gasteiger partial charge is 0.349 e. The number of thiophene rings is 1. The van der Waals surface area contributed by atoms with Crippen molar-refractivity contribution in [1.29, 1.82) is 0 Å². The van der Waals surface area contributed by atoms with Crippen molar-refractivity contribution in [3.63, 3.8) is 0 Å². The van der Waals surface area contributed by atoms with Crippen molar-refractivity contribution >= 4 is 34.8 Å². The number of ether oxygens (including phenoxy) is 1. The van der Waals surface area contributed by atoms with E-state index in [-0.39, 0.29) is 12.5 Å². The minimum Gasteiger partial charge on any atom is -0.448 e. The number of hydrogen-bond acceptors (Lipinski definition) is 5. The number of benzene rings is 1. The van der Waals surface area contributed by atoms with Crippen molar-refractivity contribution in [2.75, 3.05) is 18.9 Å². The van der Waals surface area contributed by atoms with Gasteiger partial charge in [-0.1, -0.05) is 17.7 Å². The van der Waals surface area contributed by atoms with E-state index < -0.39 is 18.0 Å². The molecule has 0 fully saturated rings. The van der Waals surface area contributed by atoms with Crippen LogP contribution >= 0.6 is 11.3 Å². The van der Waals surface area contributed by atoms with Gasteiger partial charge in [0.1, 0.15) is 4.88 Å². The third-order valence-corrected chi connectivity index (χ3v) is 4.77. The molecule has 7 heteroatoms. The lowest BCUT2D eigenvalue weighted by atomic mass is 10.2. The van der Waals surface area contributed by atoms with E-state index in [0.717, 1.165) is 11.1 Å². The number of nitrogens with one attached hydrogen (secondary N) is 1. The fraction of sp³-hybridized carbons (Fsp3) is 0.316. The van der Waals surface area contributed by atoms with Gasteiger partial charge < -0.3 is 15.0 Å². The first-order valence-electron chi connectivity index (χ1n) is 8.14. The fourth-order valence-corrected chi connectivity index (χ4v) is 3.09. The normalized spacial score (nSPS) is 11.5. The van der Waals surface area contributed by atoms with Crippen molar-refractivity contribution in [3.8, 4) is 0 Å². The number of carbonyl (C=O) groups is 3. The molecule has 1 aromatic heterocycles. The Bertz CT molecular complexity index is 798. The number of esters is 1. The lowest BCUT2D eigenvalue weighted by Crippen LogP contribution is -2.41. The highest BCUT2D eigenvalue weighted by molar-refractivity contribution is 7.12. The first kappa shape index (κ1) is 19.7. The van der Waals surface area contributed by atoms with Crippen molar-refractivity contribution in [2.24, 2.45) is 0 Å². The van der Waals surface area contributed by atoms with Crippen LogP contribution in [0, 0.1) is 13.8 Å². The number of anilines is 1. The molecule has 26 heavy (non-hydrogen) atoms. The monoisotopic (exact) mass is 374 g/mol. The SMILES string of the molecule is Cc1ccc(NC(=O)CN(C)C(=O)[C@H](C)OC(=O)c2sccc2C)cc1. The van der Waals surface area contributed by atoms with Crippen LogP contribution in [0.15, 0.2) is 35.7 Å². The molecular weight excluding hydrogens is 352 g/mol. The minimum atomic E-state index is -0.971. The van der Waals surface area contributed by atoms with E-state index in [1.54, 1.807) is 24.4 Å². The van der Waals surface area contributed by atoms with E-state index in [4.69, 9.17) is 4.74 Å². The van der Waals surface area contributed by atoms with E-state index in [1.165, 1.54) is 30.2 Å². The lowest BCUT2D eigenvalue weighted by Gasteiger charge is -2.21. The zero-order valence-electron chi connectivity index (χ0n) is 15.2. The lowest BCUT2D eigenvalue weighted by molar-refractivity contribution is -0.140. The van der Waals surface area contributed by atoms with Crippen molar-refractivity contribution in [2.45, 2.75) is 26.9 Å². The third kappa shape index (κ3) is 5.16. The quantitative estimate of drug-likeness (QED) is 0.789. The predicted octanol–water partition coefficient (Wildman–Crippen LogP) is 3.01. The van der Waals surface area contributed by atoms with Gasteiger partial charge in [0, 0.05) is 12.7 Å². The summed E-state index contributed by atoms with van der Waals surface area (Å²) < 4.78 is 5.22. The summed E-state index contributed by atoms with van der Waals surface area (Å²) in [5.41, 5.74) is 2.56. The minimum absolute atomic E-state index is 0.132. The average Bonchev–Trinajstić information content (AvgIpc) is 3.02. The Balaban J connectivity index is 1.87.